The zero-order valence-electron chi connectivity index (χ0n) is 13.5. The molecule has 0 amide bonds. The predicted molar refractivity (Wildman–Crippen MR) is 93.9 cm³/mol. The van der Waals surface area contributed by atoms with Crippen molar-refractivity contribution < 1.29 is 8.78 Å². The van der Waals surface area contributed by atoms with Crippen molar-refractivity contribution in [1.29, 1.82) is 0 Å². The highest BCUT2D eigenvalue weighted by atomic mass is 32.2. The number of hydrogen-bond acceptors (Lipinski definition) is 5. The Morgan fingerprint density at radius 2 is 1.77 bits per heavy atom. The van der Waals surface area contributed by atoms with Crippen molar-refractivity contribution in [2.75, 3.05) is 0 Å². The van der Waals surface area contributed by atoms with E-state index < -0.39 is 6.55 Å². The summed E-state index contributed by atoms with van der Waals surface area (Å²) in [6, 6.07) is 16.6. The standard InChI is InChI=1S/C17H14F2N6S/c18-16(19)25-14-9-5-4-8-13(14)20-15(25)11-26-17-21-22-23-24(17)10-12-6-2-1-3-7-12/h1-9,16H,10-11H2. The molecule has 0 saturated heterocycles. The van der Waals surface area contributed by atoms with Crippen molar-refractivity contribution >= 4 is 22.8 Å². The van der Waals surface area contributed by atoms with Crippen molar-refractivity contribution in [2.24, 2.45) is 0 Å². The van der Waals surface area contributed by atoms with Crippen LogP contribution < -0.4 is 0 Å². The van der Waals surface area contributed by atoms with Gasteiger partial charge in [0.1, 0.15) is 5.82 Å². The lowest BCUT2D eigenvalue weighted by atomic mass is 10.2. The van der Waals surface area contributed by atoms with Crippen molar-refractivity contribution in [3.05, 3.63) is 66.0 Å². The van der Waals surface area contributed by atoms with Crippen LogP contribution in [-0.4, -0.2) is 29.8 Å². The Balaban J connectivity index is 1.56. The van der Waals surface area contributed by atoms with Gasteiger partial charge in [0.05, 0.1) is 23.3 Å². The van der Waals surface area contributed by atoms with E-state index in [-0.39, 0.29) is 5.75 Å². The summed E-state index contributed by atoms with van der Waals surface area (Å²) in [7, 11) is 0. The maximum Gasteiger partial charge on any atom is 0.320 e. The Kier molecular flexibility index (Phi) is 4.61. The minimum atomic E-state index is -2.65. The second-order valence-corrected chi connectivity index (χ2v) is 6.50. The maximum absolute atomic E-state index is 13.5. The lowest BCUT2D eigenvalue weighted by molar-refractivity contribution is 0.0722. The van der Waals surface area contributed by atoms with Gasteiger partial charge in [-0.3, -0.25) is 4.57 Å². The van der Waals surface area contributed by atoms with Crippen LogP contribution in [0.2, 0.25) is 0 Å². The number of hydrogen-bond donors (Lipinski definition) is 0. The number of rotatable bonds is 6. The Morgan fingerprint density at radius 3 is 2.58 bits per heavy atom. The summed E-state index contributed by atoms with van der Waals surface area (Å²) in [5.41, 5.74) is 2.02. The Labute approximate surface area is 151 Å². The van der Waals surface area contributed by atoms with E-state index in [2.05, 4.69) is 20.5 Å². The highest BCUT2D eigenvalue weighted by Gasteiger charge is 2.18. The third-order valence-electron chi connectivity index (χ3n) is 3.87. The van der Waals surface area contributed by atoms with Gasteiger partial charge in [0, 0.05) is 0 Å². The van der Waals surface area contributed by atoms with E-state index in [9.17, 15) is 8.78 Å². The predicted octanol–water partition coefficient (Wildman–Crippen LogP) is 3.76. The Morgan fingerprint density at radius 1 is 1.00 bits per heavy atom. The van der Waals surface area contributed by atoms with E-state index in [0.717, 1.165) is 10.1 Å². The first-order valence-electron chi connectivity index (χ1n) is 7.89. The molecule has 2 heterocycles. The molecule has 0 atom stereocenters. The monoisotopic (exact) mass is 372 g/mol. The molecule has 0 radical (unpaired) electrons. The minimum Gasteiger partial charge on any atom is -0.269 e. The summed E-state index contributed by atoms with van der Waals surface area (Å²) in [4.78, 5) is 4.33. The number of aromatic nitrogens is 6. The van der Waals surface area contributed by atoms with E-state index in [1.54, 1.807) is 28.9 Å². The number of tetrazole rings is 1. The quantitative estimate of drug-likeness (QED) is 0.482. The fraction of sp³-hybridized carbons (Fsp3) is 0.176. The van der Waals surface area contributed by atoms with Crippen LogP contribution in [0.1, 0.15) is 17.9 Å². The van der Waals surface area contributed by atoms with Gasteiger partial charge in [-0.25, -0.2) is 9.67 Å². The van der Waals surface area contributed by atoms with E-state index in [4.69, 9.17) is 0 Å². The summed E-state index contributed by atoms with van der Waals surface area (Å²) < 4.78 is 29.6. The second-order valence-electron chi connectivity index (χ2n) is 5.56. The van der Waals surface area contributed by atoms with Crippen molar-refractivity contribution in [1.82, 2.24) is 29.8 Å². The molecule has 4 rings (SSSR count). The molecule has 9 heteroatoms. The molecule has 4 aromatic rings. The molecule has 0 aliphatic carbocycles. The van der Waals surface area contributed by atoms with E-state index in [1.165, 1.54) is 11.8 Å². The molecule has 0 N–H and O–H groups in total. The molecule has 2 aromatic heterocycles. The van der Waals surface area contributed by atoms with Crippen molar-refractivity contribution in [3.8, 4) is 0 Å². The Bertz CT molecular complexity index is 1010. The van der Waals surface area contributed by atoms with Crippen LogP contribution in [0.15, 0.2) is 59.8 Å². The second kappa shape index (κ2) is 7.20. The smallest absolute Gasteiger partial charge is 0.269 e. The molecule has 132 valence electrons. The number of halogens is 2. The zero-order valence-corrected chi connectivity index (χ0v) is 14.4. The highest BCUT2D eigenvalue weighted by Crippen LogP contribution is 2.27. The van der Waals surface area contributed by atoms with Gasteiger partial charge in [0.2, 0.25) is 5.16 Å². The van der Waals surface area contributed by atoms with E-state index in [0.29, 0.717) is 28.6 Å². The van der Waals surface area contributed by atoms with Crippen LogP contribution in [0.5, 0.6) is 0 Å². The molecular formula is C17H14F2N6S. The average Bonchev–Trinajstić information content (AvgIpc) is 3.24. The normalized spacial score (nSPS) is 11.5. The van der Waals surface area contributed by atoms with Crippen molar-refractivity contribution in [3.63, 3.8) is 0 Å². The van der Waals surface area contributed by atoms with Gasteiger partial charge < -0.3 is 0 Å². The summed E-state index contributed by atoms with van der Waals surface area (Å²) in [5.74, 6) is 0.536. The SMILES string of the molecule is FC(F)n1c(CSc2nnnn2Cc2ccccc2)nc2ccccc21. The number of para-hydroxylation sites is 2. The van der Waals surface area contributed by atoms with Crippen LogP contribution in [0.3, 0.4) is 0 Å². The largest absolute Gasteiger partial charge is 0.320 e. The molecule has 0 aliphatic heterocycles. The first-order chi connectivity index (χ1) is 12.7. The van der Waals surface area contributed by atoms with Gasteiger partial charge in [-0.1, -0.05) is 54.2 Å². The fourth-order valence-electron chi connectivity index (χ4n) is 2.70. The first kappa shape index (κ1) is 16.6. The molecule has 0 saturated carbocycles. The van der Waals surface area contributed by atoms with Gasteiger partial charge in [-0.15, -0.1) is 5.10 Å². The molecule has 2 aromatic carbocycles. The minimum absolute atomic E-state index is 0.244. The van der Waals surface area contributed by atoms with Crippen LogP contribution in [0.4, 0.5) is 8.78 Å². The van der Waals surface area contributed by atoms with Gasteiger partial charge in [0.15, 0.2) is 0 Å². The molecule has 6 nitrogen and oxygen atoms in total. The molecule has 26 heavy (non-hydrogen) atoms. The number of imidazole rings is 1. The molecule has 0 bridgehead atoms. The van der Waals surface area contributed by atoms with Gasteiger partial charge >= 0.3 is 6.55 Å². The first-order valence-corrected chi connectivity index (χ1v) is 8.88. The van der Waals surface area contributed by atoms with Crippen LogP contribution in [-0.2, 0) is 12.3 Å². The van der Waals surface area contributed by atoms with E-state index in [1.807, 2.05) is 30.3 Å². The summed E-state index contributed by atoms with van der Waals surface area (Å²) in [6.45, 7) is -2.14. The summed E-state index contributed by atoms with van der Waals surface area (Å²) in [5, 5.41) is 12.2. The molecule has 0 unspecified atom stereocenters. The number of nitrogens with zero attached hydrogens (tertiary/aromatic N) is 6. The lowest BCUT2D eigenvalue weighted by Gasteiger charge is -2.08. The maximum atomic E-state index is 13.5. The van der Waals surface area contributed by atoms with Crippen LogP contribution in [0.25, 0.3) is 11.0 Å². The molecular weight excluding hydrogens is 358 g/mol. The van der Waals surface area contributed by atoms with Crippen LogP contribution in [0, 0.1) is 0 Å². The van der Waals surface area contributed by atoms with E-state index >= 15 is 0 Å². The number of benzene rings is 2. The lowest BCUT2D eigenvalue weighted by Crippen LogP contribution is -2.06. The molecule has 0 spiro atoms. The summed E-state index contributed by atoms with van der Waals surface area (Å²) >= 11 is 1.28. The Hall–Kier alpha value is -2.81. The highest BCUT2D eigenvalue weighted by molar-refractivity contribution is 7.98. The van der Waals surface area contributed by atoms with Gasteiger partial charge in [0.25, 0.3) is 0 Å². The molecule has 0 fully saturated rings. The molecule has 0 aliphatic rings. The third kappa shape index (κ3) is 3.30. The van der Waals surface area contributed by atoms with Crippen LogP contribution >= 0.6 is 11.8 Å². The van der Waals surface area contributed by atoms with Gasteiger partial charge in [-0.05, 0) is 28.1 Å². The number of thioether (sulfide) groups is 1. The third-order valence-corrected chi connectivity index (χ3v) is 4.82. The number of alkyl halides is 2. The topological polar surface area (TPSA) is 61.4 Å². The fourth-order valence-corrected chi connectivity index (χ4v) is 3.50. The summed E-state index contributed by atoms with van der Waals surface area (Å²) in [6.07, 6.45) is 0. The van der Waals surface area contributed by atoms with Crippen molar-refractivity contribution in [2.45, 2.75) is 24.0 Å². The zero-order chi connectivity index (χ0) is 17.9. The number of fused-ring (bicyclic) bond motifs is 1. The van der Waals surface area contributed by atoms with Gasteiger partial charge in [-0.2, -0.15) is 8.78 Å². The average molecular weight is 372 g/mol.